The summed E-state index contributed by atoms with van der Waals surface area (Å²) in [4.78, 5) is 0.294. The fourth-order valence-corrected chi connectivity index (χ4v) is 3.52. The lowest BCUT2D eigenvalue weighted by Crippen LogP contribution is -2.25. The van der Waals surface area contributed by atoms with Crippen LogP contribution < -0.4 is 4.72 Å². The van der Waals surface area contributed by atoms with Crippen LogP contribution in [0.25, 0.3) is 0 Å². The molecule has 0 saturated carbocycles. The van der Waals surface area contributed by atoms with Crippen molar-refractivity contribution in [1.29, 1.82) is 0 Å². The lowest BCUT2D eigenvalue weighted by molar-refractivity contribution is 0.574. The summed E-state index contributed by atoms with van der Waals surface area (Å²) in [5.41, 5.74) is 1.18. The number of aryl methyl sites for hydroxylation is 2. The van der Waals surface area contributed by atoms with Crippen molar-refractivity contribution in [3.63, 3.8) is 0 Å². The molecule has 0 aliphatic heterocycles. The number of hydrogen-bond donors (Lipinski definition) is 1. The Morgan fingerprint density at radius 2 is 1.94 bits per heavy atom. The largest absolute Gasteiger partial charge is 0.271 e. The molecule has 1 aromatic rings. The van der Waals surface area contributed by atoms with Crippen molar-refractivity contribution in [1.82, 2.24) is 14.5 Å². The molecule has 18 heavy (non-hydrogen) atoms. The molecule has 1 N–H and O–H groups in total. The molecule has 0 fully saturated rings. The molecule has 1 heterocycles. The second kappa shape index (κ2) is 6.54. The molecule has 1 aromatic heterocycles. The van der Waals surface area contributed by atoms with Gasteiger partial charge in [0.05, 0.1) is 11.4 Å². The summed E-state index contributed by atoms with van der Waals surface area (Å²) in [5, 5.41) is 4.11. The number of rotatable bonds is 7. The van der Waals surface area contributed by atoms with Crippen molar-refractivity contribution in [3.8, 4) is 0 Å². The summed E-state index contributed by atoms with van der Waals surface area (Å²) in [5.74, 6) is 0.619. The number of unbranched alkanes of at least 4 members (excludes halogenated alkanes) is 2. The second-order valence-corrected chi connectivity index (χ2v) is 6.35. The van der Waals surface area contributed by atoms with Gasteiger partial charge in [-0.2, -0.15) is 5.10 Å². The highest BCUT2D eigenvalue weighted by Gasteiger charge is 2.22. The predicted molar refractivity (Wildman–Crippen MR) is 72.4 cm³/mol. The highest BCUT2D eigenvalue weighted by Crippen LogP contribution is 2.18. The molecule has 5 nitrogen and oxygen atoms in total. The first-order valence-corrected chi connectivity index (χ1v) is 7.97. The van der Waals surface area contributed by atoms with Crippen molar-refractivity contribution < 1.29 is 8.42 Å². The number of hydrogen-bond acceptors (Lipinski definition) is 3. The average molecular weight is 294 g/mol. The zero-order valence-corrected chi connectivity index (χ0v) is 12.6. The maximum atomic E-state index is 12.1. The molecule has 7 heteroatoms. The molecule has 0 amide bonds. The van der Waals surface area contributed by atoms with E-state index in [1.54, 1.807) is 25.6 Å². The van der Waals surface area contributed by atoms with Crippen LogP contribution in [0.1, 0.15) is 30.7 Å². The third-order valence-electron chi connectivity index (χ3n) is 2.81. The summed E-state index contributed by atoms with van der Waals surface area (Å²) in [6.45, 7) is 3.89. The van der Waals surface area contributed by atoms with Gasteiger partial charge in [0.25, 0.3) is 0 Å². The second-order valence-electron chi connectivity index (χ2n) is 4.27. The van der Waals surface area contributed by atoms with Gasteiger partial charge in [-0.15, -0.1) is 11.6 Å². The van der Waals surface area contributed by atoms with Crippen molar-refractivity contribution >= 4 is 21.6 Å². The SMILES string of the molecule is Cc1nn(C)c(C)c1S(=O)(=O)NCCCCCCl. The number of nitrogens with one attached hydrogen (secondary N) is 1. The topological polar surface area (TPSA) is 64.0 Å². The Morgan fingerprint density at radius 1 is 1.28 bits per heavy atom. The van der Waals surface area contributed by atoms with Gasteiger partial charge in [-0.1, -0.05) is 6.42 Å². The van der Waals surface area contributed by atoms with E-state index in [9.17, 15) is 8.42 Å². The first-order chi connectivity index (χ1) is 8.40. The number of sulfonamides is 1. The van der Waals surface area contributed by atoms with Gasteiger partial charge in [-0.3, -0.25) is 4.68 Å². The van der Waals surface area contributed by atoms with Crippen LogP contribution in [-0.4, -0.2) is 30.6 Å². The molecule has 1 rings (SSSR count). The van der Waals surface area contributed by atoms with Crippen LogP contribution in [0.4, 0.5) is 0 Å². The zero-order chi connectivity index (χ0) is 13.8. The first kappa shape index (κ1) is 15.5. The van der Waals surface area contributed by atoms with E-state index >= 15 is 0 Å². The normalized spacial score (nSPS) is 12.0. The third-order valence-corrected chi connectivity index (χ3v) is 4.79. The lowest BCUT2D eigenvalue weighted by atomic mass is 10.2. The van der Waals surface area contributed by atoms with Crippen molar-refractivity contribution in [2.24, 2.45) is 7.05 Å². The Labute approximate surface area is 114 Å². The Bertz CT molecular complexity index is 497. The van der Waals surface area contributed by atoms with E-state index < -0.39 is 10.0 Å². The van der Waals surface area contributed by atoms with Gasteiger partial charge in [0, 0.05) is 19.5 Å². The first-order valence-electron chi connectivity index (χ1n) is 5.96. The molecule has 0 unspecified atom stereocenters. The van der Waals surface area contributed by atoms with Gasteiger partial charge < -0.3 is 0 Å². The van der Waals surface area contributed by atoms with E-state index in [-0.39, 0.29) is 0 Å². The fourth-order valence-electron chi connectivity index (χ4n) is 1.82. The Hall–Kier alpha value is -0.590. The molecular formula is C11H20ClN3O2S. The van der Waals surface area contributed by atoms with E-state index in [0.717, 1.165) is 19.3 Å². The van der Waals surface area contributed by atoms with Crippen LogP contribution in [0, 0.1) is 13.8 Å². The van der Waals surface area contributed by atoms with E-state index in [4.69, 9.17) is 11.6 Å². The standard InChI is InChI=1S/C11H20ClN3O2S/c1-9-11(10(2)15(3)14-9)18(16,17)13-8-6-4-5-7-12/h13H,4-8H2,1-3H3. The van der Waals surface area contributed by atoms with Gasteiger partial charge in [0.15, 0.2) is 0 Å². The third kappa shape index (κ3) is 3.70. The predicted octanol–water partition coefficient (Wildman–Crippen LogP) is 1.72. The Balaban J connectivity index is 2.69. The molecule has 0 aliphatic carbocycles. The van der Waals surface area contributed by atoms with Crippen LogP contribution in [0.2, 0.25) is 0 Å². The number of nitrogens with zero attached hydrogens (tertiary/aromatic N) is 2. The fraction of sp³-hybridized carbons (Fsp3) is 0.727. The van der Waals surface area contributed by atoms with E-state index in [1.165, 1.54) is 0 Å². The zero-order valence-electron chi connectivity index (χ0n) is 11.0. The summed E-state index contributed by atoms with van der Waals surface area (Å²) in [6.07, 6.45) is 2.63. The van der Waals surface area contributed by atoms with Gasteiger partial charge in [0.2, 0.25) is 10.0 Å². The van der Waals surface area contributed by atoms with Gasteiger partial charge in [-0.05, 0) is 26.7 Å². The summed E-state index contributed by atoms with van der Waals surface area (Å²) in [7, 11) is -1.72. The monoisotopic (exact) mass is 293 g/mol. The molecule has 0 saturated heterocycles. The highest BCUT2D eigenvalue weighted by atomic mass is 35.5. The maximum Gasteiger partial charge on any atom is 0.244 e. The smallest absolute Gasteiger partial charge is 0.244 e. The van der Waals surface area contributed by atoms with Crippen LogP contribution in [0.3, 0.4) is 0 Å². The molecule has 0 aromatic carbocycles. The number of halogens is 1. The van der Waals surface area contributed by atoms with Crippen molar-refractivity contribution in [2.45, 2.75) is 38.0 Å². The summed E-state index contributed by atoms with van der Waals surface area (Å²) < 4.78 is 28.4. The van der Waals surface area contributed by atoms with Gasteiger partial charge in [0.1, 0.15) is 4.90 Å². The van der Waals surface area contributed by atoms with Crippen molar-refractivity contribution in [2.75, 3.05) is 12.4 Å². The van der Waals surface area contributed by atoms with Crippen LogP contribution in [-0.2, 0) is 17.1 Å². The van der Waals surface area contributed by atoms with E-state index in [1.807, 2.05) is 0 Å². The minimum Gasteiger partial charge on any atom is -0.271 e. The Morgan fingerprint density at radius 3 is 2.44 bits per heavy atom. The number of alkyl halides is 1. The molecule has 0 spiro atoms. The Kier molecular flexibility index (Phi) is 5.62. The average Bonchev–Trinajstić information content (AvgIpc) is 2.53. The van der Waals surface area contributed by atoms with E-state index in [2.05, 4.69) is 9.82 Å². The molecular weight excluding hydrogens is 274 g/mol. The minimum atomic E-state index is -3.45. The molecule has 104 valence electrons. The molecule has 0 radical (unpaired) electrons. The van der Waals surface area contributed by atoms with Crippen LogP contribution in [0.5, 0.6) is 0 Å². The van der Waals surface area contributed by atoms with E-state index in [0.29, 0.717) is 28.7 Å². The molecule has 0 atom stereocenters. The molecule has 0 aliphatic rings. The summed E-state index contributed by atoms with van der Waals surface area (Å²) in [6, 6.07) is 0. The number of aromatic nitrogens is 2. The minimum absolute atomic E-state index is 0.294. The summed E-state index contributed by atoms with van der Waals surface area (Å²) >= 11 is 5.56. The quantitative estimate of drug-likeness (QED) is 0.615. The maximum absolute atomic E-state index is 12.1. The van der Waals surface area contributed by atoms with Gasteiger partial charge >= 0.3 is 0 Å². The van der Waals surface area contributed by atoms with Crippen molar-refractivity contribution in [3.05, 3.63) is 11.4 Å². The van der Waals surface area contributed by atoms with Crippen LogP contribution >= 0.6 is 11.6 Å². The molecule has 0 bridgehead atoms. The lowest BCUT2D eigenvalue weighted by Gasteiger charge is -2.06. The highest BCUT2D eigenvalue weighted by molar-refractivity contribution is 7.89. The van der Waals surface area contributed by atoms with Crippen LogP contribution in [0.15, 0.2) is 4.90 Å². The van der Waals surface area contributed by atoms with Gasteiger partial charge in [-0.25, -0.2) is 13.1 Å².